The SMILES string of the molecule is CCCCOC(=O)NCC(=O)N1c2ccccc2CC1C(=O)O. The Balaban J connectivity index is 1.99. The Morgan fingerprint density at radius 1 is 1.35 bits per heavy atom. The lowest BCUT2D eigenvalue weighted by atomic mass is 10.1. The maximum absolute atomic E-state index is 12.3. The number of hydrogen-bond acceptors (Lipinski definition) is 4. The molecule has 0 saturated heterocycles. The van der Waals surface area contributed by atoms with Gasteiger partial charge in [0.1, 0.15) is 12.6 Å². The third kappa shape index (κ3) is 4.00. The number of anilines is 1. The average Bonchev–Trinajstić information content (AvgIpc) is 2.92. The van der Waals surface area contributed by atoms with E-state index < -0.39 is 24.0 Å². The molecule has 1 aliphatic rings. The number of para-hydroxylation sites is 1. The first kappa shape index (κ1) is 16.8. The summed E-state index contributed by atoms with van der Waals surface area (Å²) >= 11 is 0. The molecular formula is C16H20N2O5. The van der Waals surface area contributed by atoms with Crippen LogP contribution in [0.15, 0.2) is 24.3 Å². The van der Waals surface area contributed by atoms with Crippen molar-refractivity contribution in [2.75, 3.05) is 18.1 Å². The lowest BCUT2D eigenvalue weighted by molar-refractivity contribution is -0.139. The first-order valence-electron chi connectivity index (χ1n) is 7.58. The number of carbonyl (C=O) groups excluding carboxylic acids is 2. The van der Waals surface area contributed by atoms with Crippen LogP contribution in [0, 0.1) is 0 Å². The monoisotopic (exact) mass is 320 g/mol. The standard InChI is InChI=1S/C16H20N2O5/c1-2-3-8-23-16(22)17-10-14(19)18-12-7-5-4-6-11(12)9-13(18)15(20)21/h4-7,13H,2-3,8-10H2,1H3,(H,17,22)(H,20,21). The summed E-state index contributed by atoms with van der Waals surface area (Å²) in [5, 5.41) is 11.7. The molecule has 2 N–H and O–H groups in total. The van der Waals surface area contributed by atoms with Crippen molar-refractivity contribution in [3.05, 3.63) is 29.8 Å². The molecule has 1 heterocycles. The molecule has 1 aliphatic heterocycles. The molecule has 2 amide bonds. The van der Waals surface area contributed by atoms with Gasteiger partial charge >= 0.3 is 12.1 Å². The maximum Gasteiger partial charge on any atom is 0.407 e. The molecule has 0 aliphatic carbocycles. The normalized spacial score (nSPS) is 15.9. The molecule has 7 nitrogen and oxygen atoms in total. The molecule has 0 bridgehead atoms. The minimum atomic E-state index is -1.07. The Morgan fingerprint density at radius 2 is 2.09 bits per heavy atom. The van der Waals surface area contributed by atoms with Gasteiger partial charge in [-0.25, -0.2) is 9.59 Å². The van der Waals surface area contributed by atoms with E-state index in [0.29, 0.717) is 12.3 Å². The topological polar surface area (TPSA) is 95.9 Å². The third-order valence-electron chi connectivity index (χ3n) is 3.64. The second-order valence-corrected chi connectivity index (χ2v) is 5.29. The lowest BCUT2D eigenvalue weighted by Crippen LogP contribution is -2.47. The predicted octanol–water partition coefficient (Wildman–Crippen LogP) is 1.56. The number of aliphatic carboxylic acids is 1. The second-order valence-electron chi connectivity index (χ2n) is 5.29. The van der Waals surface area contributed by atoms with Crippen molar-refractivity contribution in [1.29, 1.82) is 0 Å². The quantitative estimate of drug-likeness (QED) is 0.775. The fourth-order valence-corrected chi connectivity index (χ4v) is 2.49. The molecule has 0 spiro atoms. The van der Waals surface area contributed by atoms with Crippen LogP contribution in [-0.4, -0.2) is 42.3 Å². The highest BCUT2D eigenvalue weighted by molar-refractivity contribution is 6.03. The van der Waals surface area contributed by atoms with Crippen molar-refractivity contribution in [3.63, 3.8) is 0 Å². The summed E-state index contributed by atoms with van der Waals surface area (Å²) < 4.78 is 4.90. The summed E-state index contributed by atoms with van der Waals surface area (Å²) in [6, 6.07) is 6.10. The van der Waals surface area contributed by atoms with Crippen LogP contribution in [0.5, 0.6) is 0 Å². The molecule has 2 rings (SSSR count). The van der Waals surface area contributed by atoms with Crippen LogP contribution >= 0.6 is 0 Å². The van der Waals surface area contributed by atoms with Crippen LogP contribution in [0.25, 0.3) is 0 Å². The summed E-state index contributed by atoms with van der Waals surface area (Å²) in [7, 11) is 0. The molecular weight excluding hydrogens is 300 g/mol. The molecule has 1 atom stereocenters. The number of nitrogens with one attached hydrogen (secondary N) is 1. The highest BCUT2D eigenvalue weighted by atomic mass is 16.5. The van der Waals surface area contributed by atoms with Gasteiger partial charge in [0, 0.05) is 12.1 Å². The van der Waals surface area contributed by atoms with Crippen LogP contribution in [-0.2, 0) is 20.7 Å². The minimum absolute atomic E-state index is 0.262. The Kier molecular flexibility index (Phi) is 5.56. The van der Waals surface area contributed by atoms with Crippen molar-refractivity contribution in [2.45, 2.75) is 32.2 Å². The van der Waals surface area contributed by atoms with Crippen molar-refractivity contribution >= 4 is 23.7 Å². The third-order valence-corrected chi connectivity index (χ3v) is 3.64. The number of ether oxygens (including phenoxy) is 1. The van der Waals surface area contributed by atoms with Gasteiger partial charge in [0.25, 0.3) is 0 Å². The first-order chi connectivity index (χ1) is 11.0. The minimum Gasteiger partial charge on any atom is -0.480 e. The van der Waals surface area contributed by atoms with E-state index in [1.165, 1.54) is 4.90 Å². The molecule has 1 unspecified atom stereocenters. The molecule has 0 fully saturated rings. The van der Waals surface area contributed by atoms with E-state index in [2.05, 4.69) is 5.32 Å². The van der Waals surface area contributed by atoms with E-state index in [1.807, 2.05) is 6.92 Å². The van der Waals surface area contributed by atoms with Crippen LogP contribution in [0.4, 0.5) is 10.5 Å². The van der Waals surface area contributed by atoms with Crippen molar-refractivity contribution in [1.82, 2.24) is 5.32 Å². The number of carbonyl (C=O) groups is 3. The summed E-state index contributed by atoms with van der Waals surface area (Å²) in [5.41, 5.74) is 1.38. The smallest absolute Gasteiger partial charge is 0.407 e. The van der Waals surface area contributed by atoms with Crippen molar-refractivity contribution < 1.29 is 24.2 Å². The van der Waals surface area contributed by atoms with Gasteiger partial charge in [-0.3, -0.25) is 9.69 Å². The van der Waals surface area contributed by atoms with E-state index in [0.717, 1.165) is 18.4 Å². The van der Waals surface area contributed by atoms with Crippen LogP contribution in [0.1, 0.15) is 25.3 Å². The molecule has 0 saturated carbocycles. The average molecular weight is 320 g/mol. The number of unbranched alkanes of at least 4 members (excludes halogenated alkanes) is 1. The number of alkyl carbamates (subject to hydrolysis) is 1. The summed E-state index contributed by atoms with van der Waals surface area (Å²) in [4.78, 5) is 36.4. The van der Waals surface area contributed by atoms with Gasteiger partial charge in [-0.05, 0) is 18.1 Å². The predicted molar refractivity (Wildman–Crippen MR) is 83.3 cm³/mol. The lowest BCUT2D eigenvalue weighted by Gasteiger charge is -2.22. The summed E-state index contributed by atoms with van der Waals surface area (Å²) in [5.74, 6) is -1.55. The van der Waals surface area contributed by atoms with Crippen LogP contribution in [0.3, 0.4) is 0 Å². The zero-order chi connectivity index (χ0) is 16.8. The Hall–Kier alpha value is -2.57. The van der Waals surface area contributed by atoms with E-state index in [-0.39, 0.29) is 13.0 Å². The fourth-order valence-electron chi connectivity index (χ4n) is 2.49. The Labute approximate surface area is 134 Å². The number of benzene rings is 1. The first-order valence-corrected chi connectivity index (χ1v) is 7.58. The molecule has 1 aromatic rings. The molecule has 7 heteroatoms. The van der Waals surface area contributed by atoms with E-state index in [4.69, 9.17) is 4.74 Å². The fraction of sp³-hybridized carbons (Fsp3) is 0.438. The van der Waals surface area contributed by atoms with Crippen molar-refractivity contribution in [2.24, 2.45) is 0 Å². The molecule has 1 aromatic carbocycles. The number of hydrogen-bond donors (Lipinski definition) is 2. The van der Waals surface area contributed by atoms with E-state index in [9.17, 15) is 19.5 Å². The number of carboxylic acid groups (broad SMARTS) is 1. The van der Waals surface area contributed by atoms with Crippen LogP contribution in [0.2, 0.25) is 0 Å². The van der Waals surface area contributed by atoms with Gasteiger partial charge in [-0.15, -0.1) is 0 Å². The summed E-state index contributed by atoms with van der Waals surface area (Å²) in [6.07, 6.45) is 1.24. The van der Waals surface area contributed by atoms with Gasteiger partial charge in [0.15, 0.2) is 0 Å². The number of fused-ring (bicyclic) bond motifs is 1. The van der Waals surface area contributed by atoms with E-state index in [1.54, 1.807) is 24.3 Å². The largest absolute Gasteiger partial charge is 0.480 e. The number of rotatable bonds is 6. The number of carboxylic acids is 1. The van der Waals surface area contributed by atoms with Gasteiger partial charge < -0.3 is 15.2 Å². The van der Waals surface area contributed by atoms with Gasteiger partial charge in [0.2, 0.25) is 5.91 Å². The second kappa shape index (κ2) is 7.62. The van der Waals surface area contributed by atoms with Gasteiger partial charge in [-0.2, -0.15) is 0 Å². The molecule has 0 radical (unpaired) electrons. The highest BCUT2D eigenvalue weighted by Crippen LogP contribution is 2.32. The van der Waals surface area contributed by atoms with E-state index >= 15 is 0 Å². The van der Waals surface area contributed by atoms with Gasteiger partial charge in [-0.1, -0.05) is 31.5 Å². The summed E-state index contributed by atoms with van der Waals surface area (Å²) in [6.45, 7) is 1.96. The van der Waals surface area contributed by atoms with Crippen molar-refractivity contribution in [3.8, 4) is 0 Å². The van der Waals surface area contributed by atoms with Gasteiger partial charge in [0.05, 0.1) is 6.61 Å². The molecule has 0 aromatic heterocycles. The molecule has 124 valence electrons. The Morgan fingerprint density at radius 3 is 2.78 bits per heavy atom. The molecule has 23 heavy (non-hydrogen) atoms. The highest BCUT2D eigenvalue weighted by Gasteiger charge is 2.38. The van der Waals surface area contributed by atoms with Crippen LogP contribution < -0.4 is 10.2 Å². The number of amides is 2. The number of nitrogens with zero attached hydrogens (tertiary/aromatic N) is 1. The maximum atomic E-state index is 12.3. The zero-order valence-electron chi connectivity index (χ0n) is 12.9. The zero-order valence-corrected chi connectivity index (χ0v) is 12.9. The Bertz CT molecular complexity index is 602.